The molecule has 0 saturated heterocycles. The average molecular weight is 532 g/mol. The van der Waals surface area contributed by atoms with Gasteiger partial charge in [0.05, 0.1) is 23.8 Å². The molecule has 37 heavy (non-hydrogen) atoms. The normalized spacial score (nSPS) is 11.0. The van der Waals surface area contributed by atoms with Gasteiger partial charge in [-0.3, -0.25) is 9.78 Å². The zero-order valence-electron chi connectivity index (χ0n) is 20.2. The van der Waals surface area contributed by atoms with Gasteiger partial charge in [0, 0.05) is 36.5 Å². The lowest BCUT2D eigenvalue weighted by Gasteiger charge is -2.13. The van der Waals surface area contributed by atoms with E-state index in [0.29, 0.717) is 33.9 Å². The summed E-state index contributed by atoms with van der Waals surface area (Å²) in [5.74, 6) is 1.08. The van der Waals surface area contributed by atoms with Crippen LogP contribution in [0, 0.1) is 0 Å². The van der Waals surface area contributed by atoms with Gasteiger partial charge in [0.25, 0.3) is 5.91 Å². The van der Waals surface area contributed by atoms with Crippen molar-refractivity contribution >= 4 is 40.1 Å². The van der Waals surface area contributed by atoms with E-state index in [1.54, 1.807) is 57.0 Å². The van der Waals surface area contributed by atoms with Crippen LogP contribution in [-0.4, -0.2) is 44.4 Å². The van der Waals surface area contributed by atoms with Gasteiger partial charge < -0.3 is 14.2 Å². The van der Waals surface area contributed by atoms with Crippen LogP contribution in [0.3, 0.4) is 0 Å². The van der Waals surface area contributed by atoms with Crippen LogP contribution < -0.4 is 4.74 Å². The topological polar surface area (TPSA) is 73.1 Å². The Morgan fingerprint density at radius 3 is 2.51 bits per heavy atom. The first-order valence-electron chi connectivity index (χ1n) is 11.5. The Balaban J connectivity index is 1.50. The monoisotopic (exact) mass is 531 g/mol. The number of carbonyl (C=O) groups excluding carboxylic acids is 1. The summed E-state index contributed by atoms with van der Waals surface area (Å²) in [4.78, 5) is 26.8. The van der Waals surface area contributed by atoms with Gasteiger partial charge in [-0.15, -0.1) is 0 Å². The molecule has 0 bridgehead atoms. The molecule has 5 aromatic rings. The molecule has 0 aliphatic heterocycles. The smallest absolute Gasteiger partial charge is 0.271 e. The Hall–Kier alpha value is -3.94. The highest BCUT2D eigenvalue weighted by molar-refractivity contribution is 6.33. The fourth-order valence-corrected chi connectivity index (χ4v) is 4.36. The third-order valence-corrected chi connectivity index (χ3v) is 6.51. The van der Waals surface area contributed by atoms with Crippen LogP contribution in [0.1, 0.15) is 21.9 Å². The van der Waals surface area contributed by atoms with Gasteiger partial charge in [0.2, 0.25) is 0 Å². The Morgan fingerprint density at radius 2 is 1.78 bits per heavy atom. The molecule has 0 saturated carbocycles. The van der Waals surface area contributed by atoms with E-state index in [1.807, 2.05) is 30.3 Å². The molecule has 0 unspecified atom stereocenters. The SMILES string of the molecule is CN(C)C(=O)c1ccc(OCc2nc3ccc(-c4ccncc4)cc3n2Cc2cc(Cl)ccc2Cl)cn1. The number of pyridine rings is 2. The lowest BCUT2D eigenvalue weighted by atomic mass is 10.1. The predicted molar refractivity (Wildman–Crippen MR) is 145 cm³/mol. The molecular weight excluding hydrogens is 509 g/mol. The predicted octanol–water partition coefficient (Wildman–Crippen LogP) is 6.13. The van der Waals surface area contributed by atoms with Crippen molar-refractivity contribution < 1.29 is 9.53 Å². The van der Waals surface area contributed by atoms with E-state index in [2.05, 4.69) is 20.6 Å². The summed E-state index contributed by atoms with van der Waals surface area (Å²) in [6, 6.07) is 18.9. The van der Waals surface area contributed by atoms with Crippen molar-refractivity contribution in [3.8, 4) is 16.9 Å². The van der Waals surface area contributed by atoms with Crippen molar-refractivity contribution in [2.24, 2.45) is 0 Å². The molecule has 0 aliphatic rings. The Morgan fingerprint density at radius 1 is 0.973 bits per heavy atom. The highest BCUT2D eigenvalue weighted by Crippen LogP contribution is 2.28. The molecule has 0 atom stereocenters. The van der Waals surface area contributed by atoms with Gasteiger partial charge in [0.15, 0.2) is 0 Å². The summed E-state index contributed by atoms with van der Waals surface area (Å²) in [6.07, 6.45) is 5.08. The van der Waals surface area contributed by atoms with E-state index in [4.69, 9.17) is 32.9 Å². The fourth-order valence-electron chi connectivity index (χ4n) is 3.99. The quantitative estimate of drug-likeness (QED) is 0.252. The number of hydrogen-bond donors (Lipinski definition) is 0. The van der Waals surface area contributed by atoms with Gasteiger partial charge >= 0.3 is 0 Å². The van der Waals surface area contributed by atoms with Crippen LogP contribution in [0.15, 0.2) is 79.3 Å². The number of ether oxygens (including phenoxy) is 1. The molecule has 7 nitrogen and oxygen atoms in total. The summed E-state index contributed by atoms with van der Waals surface area (Å²) in [5.41, 5.74) is 5.10. The zero-order valence-corrected chi connectivity index (χ0v) is 21.7. The van der Waals surface area contributed by atoms with Gasteiger partial charge in [0.1, 0.15) is 23.9 Å². The zero-order chi connectivity index (χ0) is 25.9. The van der Waals surface area contributed by atoms with Crippen molar-refractivity contribution in [1.82, 2.24) is 24.4 Å². The largest absolute Gasteiger partial charge is 0.484 e. The molecule has 0 aliphatic carbocycles. The van der Waals surface area contributed by atoms with Gasteiger partial charge in [-0.2, -0.15) is 0 Å². The van der Waals surface area contributed by atoms with E-state index in [1.165, 1.54) is 4.90 Å². The highest BCUT2D eigenvalue weighted by Gasteiger charge is 2.16. The minimum Gasteiger partial charge on any atom is -0.484 e. The number of imidazole rings is 1. The first kappa shape index (κ1) is 24.7. The first-order chi connectivity index (χ1) is 17.9. The maximum absolute atomic E-state index is 12.1. The van der Waals surface area contributed by atoms with Crippen LogP contribution in [0.25, 0.3) is 22.2 Å². The molecule has 3 aromatic heterocycles. The molecule has 0 N–H and O–H groups in total. The van der Waals surface area contributed by atoms with E-state index in [0.717, 1.165) is 27.7 Å². The number of rotatable bonds is 7. The van der Waals surface area contributed by atoms with Gasteiger partial charge in [-0.05, 0) is 71.3 Å². The molecule has 2 aromatic carbocycles. The minimum absolute atomic E-state index is 0.170. The third-order valence-electron chi connectivity index (χ3n) is 5.91. The molecule has 1 amide bonds. The molecule has 186 valence electrons. The van der Waals surface area contributed by atoms with E-state index < -0.39 is 0 Å². The van der Waals surface area contributed by atoms with Crippen LogP contribution >= 0.6 is 23.2 Å². The first-order valence-corrected chi connectivity index (χ1v) is 12.3. The van der Waals surface area contributed by atoms with E-state index >= 15 is 0 Å². The van der Waals surface area contributed by atoms with E-state index in [-0.39, 0.29) is 12.5 Å². The maximum Gasteiger partial charge on any atom is 0.271 e. The molecule has 5 rings (SSSR count). The van der Waals surface area contributed by atoms with Crippen molar-refractivity contribution in [1.29, 1.82) is 0 Å². The second-order valence-corrected chi connectivity index (χ2v) is 9.50. The van der Waals surface area contributed by atoms with Crippen molar-refractivity contribution in [3.63, 3.8) is 0 Å². The van der Waals surface area contributed by atoms with Crippen molar-refractivity contribution in [2.45, 2.75) is 13.2 Å². The number of nitrogens with zero attached hydrogens (tertiary/aromatic N) is 5. The lowest BCUT2D eigenvalue weighted by molar-refractivity contribution is 0.0822. The molecular formula is C28H23Cl2N5O2. The maximum atomic E-state index is 12.1. The number of fused-ring (bicyclic) bond motifs is 1. The second-order valence-electron chi connectivity index (χ2n) is 8.66. The lowest BCUT2D eigenvalue weighted by Crippen LogP contribution is -2.22. The minimum atomic E-state index is -0.170. The Bertz CT molecular complexity index is 1570. The molecule has 9 heteroatoms. The molecule has 0 spiro atoms. The molecule has 0 fully saturated rings. The number of benzene rings is 2. The summed E-state index contributed by atoms with van der Waals surface area (Å²) in [5, 5.41) is 1.23. The number of halogens is 2. The number of carbonyl (C=O) groups is 1. The van der Waals surface area contributed by atoms with E-state index in [9.17, 15) is 4.79 Å². The number of hydrogen-bond acceptors (Lipinski definition) is 5. The third kappa shape index (κ3) is 5.43. The van der Waals surface area contributed by atoms with Crippen molar-refractivity contribution in [2.75, 3.05) is 14.1 Å². The number of aromatic nitrogens is 4. The van der Waals surface area contributed by atoms with Crippen LogP contribution in [0.4, 0.5) is 0 Å². The van der Waals surface area contributed by atoms with Gasteiger partial charge in [-0.25, -0.2) is 9.97 Å². The molecule has 3 heterocycles. The summed E-state index contributed by atoms with van der Waals surface area (Å²) < 4.78 is 8.10. The fraction of sp³-hybridized carbons (Fsp3) is 0.143. The number of amides is 1. The molecule has 0 radical (unpaired) electrons. The summed E-state index contributed by atoms with van der Waals surface area (Å²) in [7, 11) is 3.37. The van der Waals surface area contributed by atoms with Crippen LogP contribution in [0.5, 0.6) is 5.75 Å². The summed E-state index contributed by atoms with van der Waals surface area (Å²) in [6.45, 7) is 0.656. The Labute approximate surface area is 224 Å². The second kappa shape index (κ2) is 10.6. The standard InChI is InChI=1S/C28H23Cl2N5O2/c1-34(2)28(36)25-8-5-22(15-32-25)37-17-27-33-24-7-3-19(18-9-11-31-12-10-18)14-26(24)35(27)16-20-13-21(29)4-6-23(20)30/h3-15H,16-17H2,1-2H3. The van der Waals surface area contributed by atoms with Crippen LogP contribution in [0.2, 0.25) is 10.0 Å². The summed E-state index contributed by atoms with van der Waals surface area (Å²) >= 11 is 12.8. The van der Waals surface area contributed by atoms with Crippen molar-refractivity contribution in [3.05, 3.63) is 106 Å². The van der Waals surface area contributed by atoms with Gasteiger partial charge in [-0.1, -0.05) is 29.3 Å². The highest BCUT2D eigenvalue weighted by atomic mass is 35.5. The Kier molecular flexibility index (Phi) is 7.08. The van der Waals surface area contributed by atoms with Crippen LogP contribution in [-0.2, 0) is 13.2 Å². The average Bonchev–Trinajstić information content (AvgIpc) is 3.26.